The van der Waals surface area contributed by atoms with Crippen molar-refractivity contribution in [1.82, 2.24) is 4.98 Å². The average Bonchev–Trinajstić information content (AvgIpc) is 2.22. The van der Waals surface area contributed by atoms with Crippen LogP contribution in [0.3, 0.4) is 0 Å². The van der Waals surface area contributed by atoms with Gasteiger partial charge in [0.25, 0.3) is 0 Å². The summed E-state index contributed by atoms with van der Waals surface area (Å²) in [5.74, 6) is 0. The molecule has 1 aliphatic heterocycles. The Hall–Kier alpha value is -0.775. The predicted octanol–water partition coefficient (Wildman–Crippen LogP) is 0.318. The Morgan fingerprint density at radius 3 is 1.92 bits per heavy atom. The molecule has 0 spiro atoms. The van der Waals surface area contributed by atoms with Crippen molar-refractivity contribution < 1.29 is 13.7 Å². The maximum atomic E-state index is 4.68. The standard InChI is InChI=1S/C5H5N.CH3B3O3/c1-2-4-6-5-3-1;1-4-6-2-5-3-7-4/h1-5H;1H3. The number of aromatic nitrogens is 1. The lowest BCUT2D eigenvalue weighted by Gasteiger charge is -2.13. The lowest BCUT2D eigenvalue weighted by atomic mass is 9.89. The molecule has 1 aliphatic rings. The molecule has 4 nitrogen and oxygen atoms in total. The first kappa shape index (κ1) is 10.3. The van der Waals surface area contributed by atoms with Gasteiger partial charge >= 0.3 is 22.5 Å². The molecule has 0 N–H and O–H groups in total. The van der Waals surface area contributed by atoms with Gasteiger partial charge < -0.3 is 13.7 Å². The van der Waals surface area contributed by atoms with Crippen LogP contribution < -0.4 is 0 Å². The van der Waals surface area contributed by atoms with Crippen molar-refractivity contribution in [2.45, 2.75) is 6.82 Å². The summed E-state index contributed by atoms with van der Waals surface area (Å²) in [7, 11) is 2.26. The third-order valence-electron chi connectivity index (χ3n) is 1.17. The van der Waals surface area contributed by atoms with Crippen LogP contribution in [0.25, 0.3) is 0 Å². The van der Waals surface area contributed by atoms with Crippen molar-refractivity contribution >= 4 is 22.5 Å². The van der Waals surface area contributed by atoms with Crippen molar-refractivity contribution in [3.05, 3.63) is 30.6 Å². The van der Waals surface area contributed by atoms with E-state index in [0.29, 0.717) is 0 Å². The number of hydrogen-bond donors (Lipinski definition) is 0. The Balaban J connectivity index is 0.000000132. The quantitative estimate of drug-likeness (QED) is 0.531. The summed E-state index contributed by atoms with van der Waals surface area (Å²) in [6.07, 6.45) is 3.50. The molecule has 1 aromatic heterocycles. The van der Waals surface area contributed by atoms with E-state index in [1.54, 1.807) is 19.2 Å². The molecule has 2 radical (unpaired) electrons. The normalized spacial score (nSPS) is 14.7. The fraction of sp³-hybridized carbons (Fsp3) is 0.167. The van der Waals surface area contributed by atoms with E-state index in [1.165, 1.54) is 15.4 Å². The lowest BCUT2D eigenvalue weighted by molar-refractivity contribution is 0.328. The molecule has 64 valence electrons. The van der Waals surface area contributed by atoms with Crippen LogP contribution in [-0.2, 0) is 13.7 Å². The van der Waals surface area contributed by atoms with E-state index >= 15 is 0 Å². The van der Waals surface area contributed by atoms with Crippen LogP contribution in [-0.4, -0.2) is 27.5 Å². The van der Waals surface area contributed by atoms with Crippen LogP contribution in [0.15, 0.2) is 30.6 Å². The van der Waals surface area contributed by atoms with Crippen LogP contribution in [0.5, 0.6) is 0 Å². The van der Waals surface area contributed by atoms with E-state index in [2.05, 4.69) is 18.7 Å². The molecule has 0 amide bonds. The molecular weight excluding hydrogens is 167 g/mol. The highest BCUT2D eigenvalue weighted by molar-refractivity contribution is 6.60. The molecule has 0 atom stereocenters. The first-order chi connectivity index (χ1) is 6.39. The zero-order chi connectivity index (χ0) is 9.36. The molecule has 0 aliphatic carbocycles. The fourth-order valence-corrected chi connectivity index (χ4v) is 0.588. The second-order valence-corrected chi connectivity index (χ2v) is 2.19. The second-order valence-electron chi connectivity index (χ2n) is 2.19. The predicted molar refractivity (Wildman–Crippen MR) is 50.6 cm³/mol. The number of nitrogens with zero attached hydrogens (tertiary/aromatic N) is 1. The van der Waals surface area contributed by atoms with Gasteiger partial charge in [-0.05, 0) is 19.0 Å². The minimum Gasteiger partial charge on any atom is -0.457 e. The number of pyridine rings is 1. The third kappa shape index (κ3) is 5.46. The smallest absolute Gasteiger partial charge is 0.457 e. The van der Waals surface area contributed by atoms with Gasteiger partial charge in [-0.3, -0.25) is 4.98 Å². The highest BCUT2D eigenvalue weighted by Crippen LogP contribution is 1.91. The Morgan fingerprint density at radius 2 is 1.69 bits per heavy atom. The van der Waals surface area contributed by atoms with E-state index < -0.39 is 0 Å². The summed E-state index contributed by atoms with van der Waals surface area (Å²) < 4.78 is 13.8. The average molecular weight is 175 g/mol. The van der Waals surface area contributed by atoms with Gasteiger partial charge in [0.05, 0.1) is 0 Å². The Kier molecular flexibility index (Phi) is 5.32. The summed E-state index contributed by atoms with van der Waals surface area (Å²) in [6, 6.07) is 5.72. The molecule has 0 saturated carbocycles. The van der Waals surface area contributed by atoms with Crippen molar-refractivity contribution in [2.24, 2.45) is 0 Å². The molecule has 13 heavy (non-hydrogen) atoms. The van der Waals surface area contributed by atoms with Crippen LogP contribution in [0.2, 0.25) is 6.82 Å². The molecule has 2 rings (SSSR count). The summed E-state index contributed by atoms with van der Waals surface area (Å²) >= 11 is 0. The van der Waals surface area contributed by atoms with Crippen LogP contribution in [0.4, 0.5) is 0 Å². The van der Waals surface area contributed by atoms with Gasteiger partial charge in [0, 0.05) is 12.4 Å². The third-order valence-corrected chi connectivity index (χ3v) is 1.17. The highest BCUT2D eigenvalue weighted by atomic mass is 16.7. The highest BCUT2D eigenvalue weighted by Gasteiger charge is 2.17. The molecule has 2 heterocycles. The van der Waals surface area contributed by atoms with E-state index in [0.717, 1.165) is 0 Å². The molecule has 0 aromatic carbocycles. The van der Waals surface area contributed by atoms with Crippen molar-refractivity contribution in [2.75, 3.05) is 0 Å². The largest absolute Gasteiger partial charge is 0.458 e. The summed E-state index contributed by atoms with van der Waals surface area (Å²) in [6.45, 7) is 1.77. The van der Waals surface area contributed by atoms with Crippen molar-refractivity contribution in [1.29, 1.82) is 0 Å². The Labute approximate surface area is 79.4 Å². The van der Waals surface area contributed by atoms with E-state index in [4.69, 9.17) is 0 Å². The van der Waals surface area contributed by atoms with Gasteiger partial charge in [-0.15, -0.1) is 0 Å². The van der Waals surface area contributed by atoms with Gasteiger partial charge in [0.15, 0.2) is 0 Å². The van der Waals surface area contributed by atoms with E-state index in [-0.39, 0.29) is 7.12 Å². The minimum absolute atomic E-state index is 0.200. The van der Waals surface area contributed by atoms with Gasteiger partial charge in [-0.1, -0.05) is 6.07 Å². The fourth-order valence-electron chi connectivity index (χ4n) is 0.588. The zero-order valence-electron chi connectivity index (χ0n) is 7.29. The molecule has 1 aromatic rings. The van der Waals surface area contributed by atoms with E-state index in [1.807, 2.05) is 18.2 Å². The first-order valence-corrected chi connectivity index (χ1v) is 3.84. The van der Waals surface area contributed by atoms with Gasteiger partial charge in [0.1, 0.15) is 0 Å². The van der Waals surface area contributed by atoms with Crippen molar-refractivity contribution in [3.63, 3.8) is 0 Å². The molecule has 1 fully saturated rings. The summed E-state index contributed by atoms with van der Waals surface area (Å²) in [5.41, 5.74) is 0. The zero-order valence-corrected chi connectivity index (χ0v) is 7.29. The molecule has 7 heteroatoms. The maximum Gasteiger partial charge on any atom is 0.458 e. The topological polar surface area (TPSA) is 40.6 Å². The summed E-state index contributed by atoms with van der Waals surface area (Å²) in [4.78, 5) is 3.78. The SMILES string of the molecule is CB1O[B]O[B]O1.c1ccncc1. The monoisotopic (exact) mass is 175 g/mol. The summed E-state index contributed by atoms with van der Waals surface area (Å²) in [5, 5.41) is 0. The van der Waals surface area contributed by atoms with Gasteiger partial charge in [-0.2, -0.15) is 0 Å². The van der Waals surface area contributed by atoms with Crippen molar-refractivity contribution in [3.8, 4) is 0 Å². The van der Waals surface area contributed by atoms with Crippen LogP contribution in [0, 0.1) is 0 Å². The lowest BCUT2D eigenvalue weighted by Crippen LogP contribution is -2.32. The number of hydrogen-bond acceptors (Lipinski definition) is 4. The van der Waals surface area contributed by atoms with Crippen LogP contribution >= 0.6 is 0 Å². The molecular formula is C6H8B3NO3. The first-order valence-electron chi connectivity index (χ1n) is 3.84. The minimum atomic E-state index is -0.200. The molecule has 1 saturated heterocycles. The molecule has 0 bridgehead atoms. The van der Waals surface area contributed by atoms with Gasteiger partial charge in [-0.25, -0.2) is 0 Å². The molecule has 0 unspecified atom stereocenters. The van der Waals surface area contributed by atoms with E-state index in [9.17, 15) is 0 Å². The Bertz CT molecular complexity index is 181. The van der Waals surface area contributed by atoms with Gasteiger partial charge in [0.2, 0.25) is 0 Å². The number of rotatable bonds is 0. The van der Waals surface area contributed by atoms with Crippen LogP contribution in [0.1, 0.15) is 0 Å². The second kappa shape index (κ2) is 6.71. The maximum absolute atomic E-state index is 4.68. The Morgan fingerprint density at radius 1 is 1.08 bits per heavy atom.